The van der Waals surface area contributed by atoms with Crippen LogP contribution in [0.15, 0.2) is 66.7 Å². The Morgan fingerprint density at radius 3 is 2.28 bits per heavy atom. The van der Waals surface area contributed by atoms with Gasteiger partial charge in [-0.15, -0.1) is 0 Å². The van der Waals surface area contributed by atoms with Crippen LogP contribution in [0.4, 0.5) is 0 Å². The molecule has 2 atom stereocenters. The molecule has 3 aromatic carbocycles. The Morgan fingerprint density at radius 2 is 1.56 bits per heavy atom. The summed E-state index contributed by atoms with van der Waals surface area (Å²) in [7, 11) is 1.66. The monoisotopic (exact) mass is 333 g/mol. The first-order valence-corrected chi connectivity index (χ1v) is 8.51. The Balaban J connectivity index is 1.76. The second kappa shape index (κ2) is 7.39. The molecule has 0 aliphatic carbocycles. The van der Waals surface area contributed by atoms with Gasteiger partial charge in [0.05, 0.1) is 19.1 Å². The first kappa shape index (κ1) is 17.0. The lowest BCUT2D eigenvalue weighted by Gasteiger charge is -2.18. The third-order valence-electron chi connectivity index (χ3n) is 4.62. The quantitative estimate of drug-likeness (QED) is 0.726. The van der Waals surface area contributed by atoms with Gasteiger partial charge in [-0.2, -0.15) is 0 Å². The van der Waals surface area contributed by atoms with Gasteiger partial charge in [-0.1, -0.05) is 54.6 Å². The number of carbonyl (C=O) groups excluding carboxylic acids is 1. The van der Waals surface area contributed by atoms with E-state index in [9.17, 15) is 4.79 Å². The molecule has 0 aromatic heterocycles. The Hall–Kier alpha value is -2.81. The van der Waals surface area contributed by atoms with Gasteiger partial charge in [0.15, 0.2) is 0 Å². The summed E-state index contributed by atoms with van der Waals surface area (Å²) in [5.74, 6) is 0.657. The minimum Gasteiger partial charge on any atom is -0.497 e. The summed E-state index contributed by atoms with van der Waals surface area (Å²) in [6, 6.07) is 22.1. The van der Waals surface area contributed by atoms with E-state index in [0.29, 0.717) is 0 Å². The van der Waals surface area contributed by atoms with E-state index in [1.54, 1.807) is 7.11 Å². The number of hydrogen-bond acceptors (Lipinski definition) is 2. The van der Waals surface area contributed by atoms with Gasteiger partial charge in [0.25, 0.3) is 0 Å². The molecule has 3 rings (SSSR count). The molecule has 0 saturated carbocycles. The van der Waals surface area contributed by atoms with Gasteiger partial charge in [-0.05, 0) is 47.9 Å². The molecule has 3 nitrogen and oxygen atoms in total. The number of nitrogens with one attached hydrogen (secondary N) is 1. The first-order valence-electron chi connectivity index (χ1n) is 8.51. The van der Waals surface area contributed by atoms with Crippen molar-refractivity contribution in [1.82, 2.24) is 5.32 Å². The molecule has 0 aliphatic rings. The maximum absolute atomic E-state index is 12.6. The minimum absolute atomic E-state index is 0.0131. The molecule has 0 aliphatic heterocycles. The molecule has 0 heterocycles. The Morgan fingerprint density at radius 1 is 0.880 bits per heavy atom. The van der Waals surface area contributed by atoms with Crippen LogP contribution in [-0.2, 0) is 4.79 Å². The van der Waals surface area contributed by atoms with Crippen molar-refractivity contribution in [3.8, 4) is 5.75 Å². The molecule has 0 bridgehead atoms. The fourth-order valence-corrected chi connectivity index (χ4v) is 2.95. The molecule has 0 radical (unpaired) electrons. The topological polar surface area (TPSA) is 38.3 Å². The Bertz CT molecular complexity index is 874. The predicted octanol–water partition coefficient (Wildman–Crippen LogP) is 4.83. The molecule has 1 N–H and O–H groups in total. The van der Waals surface area contributed by atoms with Crippen molar-refractivity contribution in [2.24, 2.45) is 0 Å². The van der Waals surface area contributed by atoms with Crippen molar-refractivity contribution in [3.63, 3.8) is 0 Å². The highest BCUT2D eigenvalue weighted by atomic mass is 16.5. The first-order chi connectivity index (χ1) is 12.1. The van der Waals surface area contributed by atoms with Crippen LogP contribution < -0.4 is 10.1 Å². The largest absolute Gasteiger partial charge is 0.497 e. The molecule has 0 fully saturated rings. The average Bonchev–Trinajstić information content (AvgIpc) is 2.67. The van der Waals surface area contributed by atoms with Crippen LogP contribution in [0.3, 0.4) is 0 Å². The summed E-state index contributed by atoms with van der Waals surface area (Å²) < 4.78 is 5.26. The van der Waals surface area contributed by atoms with E-state index in [1.165, 1.54) is 0 Å². The fourth-order valence-electron chi connectivity index (χ4n) is 2.95. The lowest BCUT2D eigenvalue weighted by molar-refractivity contribution is -0.122. The maximum Gasteiger partial charge on any atom is 0.227 e. The third-order valence-corrected chi connectivity index (χ3v) is 4.62. The fraction of sp³-hybridized carbons (Fsp3) is 0.227. The number of methoxy groups -OCH3 is 1. The molecule has 25 heavy (non-hydrogen) atoms. The number of benzene rings is 3. The summed E-state index contributed by atoms with van der Waals surface area (Å²) in [6.07, 6.45) is 0. The maximum atomic E-state index is 12.6. The zero-order valence-electron chi connectivity index (χ0n) is 14.8. The van der Waals surface area contributed by atoms with Crippen molar-refractivity contribution in [2.45, 2.75) is 25.8 Å². The summed E-state index contributed by atoms with van der Waals surface area (Å²) >= 11 is 0. The predicted molar refractivity (Wildman–Crippen MR) is 102 cm³/mol. The van der Waals surface area contributed by atoms with Crippen LogP contribution in [-0.4, -0.2) is 13.0 Å². The number of carbonyl (C=O) groups is 1. The smallest absolute Gasteiger partial charge is 0.227 e. The highest BCUT2D eigenvalue weighted by Gasteiger charge is 2.18. The lowest BCUT2D eigenvalue weighted by Crippen LogP contribution is -2.30. The molecule has 3 heteroatoms. The summed E-state index contributed by atoms with van der Waals surface area (Å²) in [4.78, 5) is 12.6. The summed E-state index contributed by atoms with van der Waals surface area (Å²) in [5.41, 5.74) is 2.11. The molecule has 3 aromatic rings. The second-order valence-electron chi connectivity index (χ2n) is 6.34. The Labute approximate surface area is 148 Å². The van der Waals surface area contributed by atoms with Crippen molar-refractivity contribution >= 4 is 16.7 Å². The number of hydrogen-bond donors (Lipinski definition) is 1. The molecular weight excluding hydrogens is 310 g/mol. The highest BCUT2D eigenvalue weighted by molar-refractivity contribution is 5.88. The number of rotatable bonds is 5. The van der Waals surface area contributed by atoms with Crippen molar-refractivity contribution < 1.29 is 9.53 Å². The van der Waals surface area contributed by atoms with E-state index >= 15 is 0 Å². The van der Waals surface area contributed by atoms with Crippen molar-refractivity contribution in [1.29, 1.82) is 0 Å². The summed E-state index contributed by atoms with van der Waals surface area (Å²) in [6.45, 7) is 3.95. The molecule has 0 unspecified atom stereocenters. The molecule has 0 spiro atoms. The van der Waals surface area contributed by atoms with Crippen LogP contribution in [0.1, 0.15) is 36.9 Å². The third kappa shape index (κ3) is 3.82. The zero-order chi connectivity index (χ0) is 17.8. The van der Waals surface area contributed by atoms with Gasteiger partial charge in [0, 0.05) is 0 Å². The molecule has 128 valence electrons. The van der Waals surface area contributed by atoms with Crippen LogP contribution in [0.2, 0.25) is 0 Å². The number of ether oxygens (including phenoxy) is 1. The Kier molecular flexibility index (Phi) is 5.03. The van der Waals surface area contributed by atoms with Gasteiger partial charge >= 0.3 is 0 Å². The van der Waals surface area contributed by atoms with Crippen LogP contribution in [0, 0.1) is 0 Å². The highest BCUT2D eigenvalue weighted by Crippen LogP contribution is 2.25. The van der Waals surface area contributed by atoms with E-state index in [4.69, 9.17) is 4.74 Å². The van der Waals surface area contributed by atoms with E-state index < -0.39 is 0 Å². The van der Waals surface area contributed by atoms with Gasteiger partial charge in [-0.25, -0.2) is 0 Å². The normalized spacial score (nSPS) is 13.2. The SMILES string of the molecule is COc1ccc2cc([C@H](C)C(=O)N[C@@H](C)c3ccccc3)ccc2c1. The van der Waals surface area contributed by atoms with Gasteiger partial charge in [-0.3, -0.25) is 4.79 Å². The van der Waals surface area contributed by atoms with Crippen LogP contribution in [0.25, 0.3) is 10.8 Å². The van der Waals surface area contributed by atoms with Gasteiger partial charge in [0.2, 0.25) is 5.91 Å². The molecule has 1 amide bonds. The average molecular weight is 333 g/mol. The lowest BCUT2D eigenvalue weighted by atomic mass is 9.96. The number of fused-ring (bicyclic) bond motifs is 1. The second-order valence-corrected chi connectivity index (χ2v) is 6.34. The van der Waals surface area contributed by atoms with Gasteiger partial charge < -0.3 is 10.1 Å². The van der Waals surface area contributed by atoms with Gasteiger partial charge in [0.1, 0.15) is 5.75 Å². The minimum atomic E-state index is -0.210. The van der Waals surface area contributed by atoms with E-state index in [-0.39, 0.29) is 17.9 Å². The van der Waals surface area contributed by atoms with Crippen LogP contribution >= 0.6 is 0 Å². The van der Waals surface area contributed by atoms with Crippen LogP contribution in [0.5, 0.6) is 5.75 Å². The van der Waals surface area contributed by atoms with E-state index in [0.717, 1.165) is 27.6 Å². The van der Waals surface area contributed by atoms with E-state index in [1.807, 2.05) is 74.5 Å². The zero-order valence-corrected chi connectivity index (χ0v) is 14.8. The molecular formula is C22H23NO2. The summed E-state index contributed by atoms with van der Waals surface area (Å²) in [5, 5.41) is 5.31. The number of amides is 1. The molecule has 0 saturated heterocycles. The van der Waals surface area contributed by atoms with Crippen molar-refractivity contribution in [3.05, 3.63) is 77.9 Å². The standard InChI is InChI=1S/C22H23NO2/c1-15(22(24)23-16(2)17-7-5-4-6-8-17)18-9-10-20-14-21(25-3)12-11-19(20)13-18/h4-16H,1-3H3,(H,23,24)/t15-,16-/m0/s1. The van der Waals surface area contributed by atoms with Crippen molar-refractivity contribution in [2.75, 3.05) is 7.11 Å². The van der Waals surface area contributed by atoms with E-state index in [2.05, 4.69) is 11.4 Å².